The van der Waals surface area contributed by atoms with E-state index in [4.69, 9.17) is 21.1 Å². The molecule has 2 atom stereocenters. The van der Waals surface area contributed by atoms with E-state index in [-0.39, 0.29) is 22.8 Å². The summed E-state index contributed by atoms with van der Waals surface area (Å²) in [6.45, 7) is 1.62. The van der Waals surface area contributed by atoms with Crippen molar-refractivity contribution in [3.8, 4) is 0 Å². The molecule has 1 unspecified atom stereocenters. The summed E-state index contributed by atoms with van der Waals surface area (Å²) in [5.41, 5.74) is 0.975. The van der Waals surface area contributed by atoms with E-state index >= 15 is 0 Å². The van der Waals surface area contributed by atoms with E-state index in [1.54, 1.807) is 13.0 Å². The number of nitrogens with zero attached hydrogens (tertiary/aromatic N) is 2. The molecule has 1 aliphatic rings. The van der Waals surface area contributed by atoms with Crippen molar-refractivity contribution in [3.63, 3.8) is 0 Å². The normalized spacial score (nSPS) is 19.6. The van der Waals surface area contributed by atoms with E-state index in [1.807, 2.05) is 0 Å². The number of esters is 2. The van der Waals surface area contributed by atoms with E-state index in [1.165, 1.54) is 32.4 Å². The van der Waals surface area contributed by atoms with Gasteiger partial charge in [-0.2, -0.15) is 0 Å². The molecule has 9 heteroatoms. The van der Waals surface area contributed by atoms with Crippen LogP contribution in [0.3, 0.4) is 0 Å². The minimum atomic E-state index is -0.928. The summed E-state index contributed by atoms with van der Waals surface area (Å²) in [7, 11) is 2.42. The van der Waals surface area contributed by atoms with Crippen LogP contribution >= 0.6 is 11.6 Å². The highest BCUT2D eigenvalue weighted by molar-refractivity contribution is 6.20. The standard InChI is InChI=1S/C17H17ClN2O6/c1-9-13(16(21)25-2)14(10-5-4-6-11(7-10)20(23)24)15(17(22)26-3)12(8-18)19-9/h4-7,13-14H,8H2,1-3H3/t13?,14-/m1/s1. The molecule has 0 amide bonds. The van der Waals surface area contributed by atoms with Crippen molar-refractivity contribution in [2.45, 2.75) is 12.8 Å². The third kappa shape index (κ3) is 3.60. The average molecular weight is 381 g/mol. The minimum absolute atomic E-state index is 0.0822. The van der Waals surface area contributed by atoms with Gasteiger partial charge in [0.2, 0.25) is 0 Å². The molecule has 0 aliphatic carbocycles. The number of halogens is 1. The van der Waals surface area contributed by atoms with Crippen molar-refractivity contribution < 1.29 is 24.0 Å². The first-order valence-electron chi connectivity index (χ1n) is 7.60. The van der Waals surface area contributed by atoms with Crippen molar-refractivity contribution in [2.75, 3.05) is 20.1 Å². The second kappa shape index (κ2) is 8.09. The molecule has 0 fully saturated rings. The highest BCUT2D eigenvalue weighted by Gasteiger charge is 2.43. The molecule has 1 aliphatic heterocycles. The maximum absolute atomic E-state index is 12.4. The SMILES string of the molecule is COC(=O)C1=C(CCl)N=C(C)C(C(=O)OC)[C@H]1c1cccc([N+](=O)[O-])c1. The maximum Gasteiger partial charge on any atom is 0.336 e. The van der Waals surface area contributed by atoms with Crippen LogP contribution in [-0.4, -0.2) is 42.7 Å². The predicted molar refractivity (Wildman–Crippen MR) is 94.2 cm³/mol. The van der Waals surface area contributed by atoms with Gasteiger partial charge >= 0.3 is 11.9 Å². The second-order valence-electron chi connectivity index (χ2n) is 5.57. The average Bonchev–Trinajstić information content (AvgIpc) is 2.65. The van der Waals surface area contributed by atoms with Crippen LogP contribution in [0.4, 0.5) is 5.69 Å². The minimum Gasteiger partial charge on any atom is -0.468 e. The number of hydrogen-bond acceptors (Lipinski definition) is 7. The molecule has 0 aromatic heterocycles. The van der Waals surface area contributed by atoms with E-state index in [2.05, 4.69) is 4.99 Å². The lowest BCUT2D eigenvalue weighted by Crippen LogP contribution is -2.36. The molecule has 0 N–H and O–H groups in total. The Morgan fingerprint density at radius 1 is 1.31 bits per heavy atom. The van der Waals surface area contributed by atoms with Gasteiger partial charge in [0.15, 0.2) is 0 Å². The number of alkyl halides is 1. The van der Waals surface area contributed by atoms with Crippen LogP contribution < -0.4 is 0 Å². The molecule has 0 saturated carbocycles. The second-order valence-corrected chi connectivity index (χ2v) is 5.84. The predicted octanol–water partition coefficient (Wildman–Crippen LogP) is 2.61. The van der Waals surface area contributed by atoms with Gasteiger partial charge in [-0.15, -0.1) is 11.6 Å². The maximum atomic E-state index is 12.4. The van der Waals surface area contributed by atoms with Crippen LogP contribution in [0.25, 0.3) is 0 Å². The van der Waals surface area contributed by atoms with Crippen molar-refractivity contribution in [2.24, 2.45) is 10.9 Å². The topological polar surface area (TPSA) is 108 Å². The van der Waals surface area contributed by atoms with Gasteiger partial charge in [-0.3, -0.25) is 19.9 Å². The largest absolute Gasteiger partial charge is 0.468 e. The monoisotopic (exact) mass is 380 g/mol. The van der Waals surface area contributed by atoms with Gasteiger partial charge in [0.1, 0.15) is 5.92 Å². The van der Waals surface area contributed by atoms with Crippen molar-refractivity contribution in [1.29, 1.82) is 0 Å². The third-order valence-corrected chi connectivity index (χ3v) is 4.40. The number of benzene rings is 1. The van der Waals surface area contributed by atoms with E-state index in [9.17, 15) is 19.7 Å². The van der Waals surface area contributed by atoms with Gasteiger partial charge in [0.25, 0.3) is 5.69 Å². The molecule has 1 aromatic carbocycles. The fourth-order valence-electron chi connectivity index (χ4n) is 3.01. The van der Waals surface area contributed by atoms with Crippen molar-refractivity contribution >= 4 is 34.9 Å². The summed E-state index contributed by atoms with van der Waals surface area (Å²) in [6, 6.07) is 5.72. The molecule has 0 bridgehead atoms. The first kappa shape index (κ1) is 19.6. The van der Waals surface area contributed by atoms with Crippen LogP contribution in [0.2, 0.25) is 0 Å². The first-order chi connectivity index (χ1) is 12.3. The zero-order chi connectivity index (χ0) is 19.4. The molecule has 0 spiro atoms. The first-order valence-corrected chi connectivity index (χ1v) is 8.13. The Morgan fingerprint density at radius 2 is 2.00 bits per heavy atom. The molecule has 0 saturated heterocycles. The third-order valence-electron chi connectivity index (χ3n) is 4.14. The highest BCUT2D eigenvalue weighted by Crippen LogP contribution is 2.41. The summed E-state index contributed by atoms with van der Waals surface area (Å²) >= 11 is 5.94. The van der Waals surface area contributed by atoms with Crippen molar-refractivity contribution in [3.05, 3.63) is 51.2 Å². The molecule has 1 heterocycles. The van der Waals surface area contributed by atoms with Crippen LogP contribution in [0.1, 0.15) is 18.4 Å². The smallest absolute Gasteiger partial charge is 0.336 e. The lowest BCUT2D eigenvalue weighted by molar-refractivity contribution is -0.384. The quantitative estimate of drug-likeness (QED) is 0.336. The number of aliphatic imine (C=N–C) groups is 1. The van der Waals surface area contributed by atoms with Gasteiger partial charge < -0.3 is 9.47 Å². The Hall–Kier alpha value is -2.74. The fourth-order valence-corrected chi connectivity index (χ4v) is 3.21. The van der Waals surface area contributed by atoms with E-state index < -0.39 is 28.7 Å². The molecule has 8 nitrogen and oxygen atoms in total. The van der Waals surface area contributed by atoms with Crippen molar-refractivity contribution in [1.82, 2.24) is 0 Å². The lowest BCUT2D eigenvalue weighted by Gasteiger charge is -2.31. The molecule has 2 rings (SSSR count). The number of ether oxygens (including phenoxy) is 2. The number of nitro benzene ring substituents is 1. The summed E-state index contributed by atoms with van der Waals surface area (Å²) < 4.78 is 9.70. The zero-order valence-corrected chi connectivity index (χ0v) is 15.1. The molecular weight excluding hydrogens is 364 g/mol. The Balaban J connectivity index is 2.75. The molecular formula is C17H17ClN2O6. The number of rotatable bonds is 5. The van der Waals surface area contributed by atoms with E-state index in [0.29, 0.717) is 11.3 Å². The number of carbonyl (C=O) groups is 2. The highest BCUT2D eigenvalue weighted by atomic mass is 35.5. The van der Waals surface area contributed by atoms with Crippen LogP contribution in [0.5, 0.6) is 0 Å². The Morgan fingerprint density at radius 3 is 2.54 bits per heavy atom. The number of hydrogen-bond donors (Lipinski definition) is 0. The summed E-state index contributed by atoms with van der Waals surface area (Å²) in [4.78, 5) is 39.6. The Bertz CT molecular complexity index is 817. The fraction of sp³-hybridized carbons (Fsp3) is 0.353. The number of methoxy groups -OCH3 is 2. The lowest BCUT2D eigenvalue weighted by atomic mass is 9.75. The molecule has 26 heavy (non-hydrogen) atoms. The Labute approximate surface area is 154 Å². The summed E-state index contributed by atoms with van der Waals surface area (Å²) in [5.74, 6) is -3.19. The molecule has 1 aromatic rings. The van der Waals surface area contributed by atoms with Gasteiger partial charge in [0, 0.05) is 23.8 Å². The van der Waals surface area contributed by atoms with Gasteiger partial charge in [0.05, 0.1) is 36.3 Å². The van der Waals surface area contributed by atoms with Crippen LogP contribution in [-0.2, 0) is 19.1 Å². The van der Waals surface area contributed by atoms with Gasteiger partial charge in [-0.25, -0.2) is 4.79 Å². The number of carbonyl (C=O) groups excluding carboxylic acids is 2. The van der Waals surface area contributed by atoms with Gasteiger partial charge in [-0.1, -0.05) is 12.1 Å². The number of allylic oxidation sites excluding steroid dienone is 1. The van der Waals surface area contributed by atoms with Crippen LogP contribution in [0, 0.1) is 16.0 Å². The zero-order valence-electron chi connectivity index (χ0n) is 14.4. The summed E-state index contributed by atoms with van der Waals surface area (Å²) in [6.07, 6.45) is 0. The molecule has 138 valence electrons. The van der Waals surface area contributed by atoms with Gasteiger partial charge in [-0.05, 0) is 12.5 Å². The summed E-state index contributed by atoms with van der Waals surface area (Å²) in [5, 5.41) is 11.1. The Kier molecular flexibility index (Phi) is 6.10. The number of non-ortho nitro benzene ring substituents is 1. The molecule has 0 radical (unpaired) electrons. The van der Waals surface area contributed by atoms with Crippen LogP contribution in [0.15, 0.2) is 40.5 Å². The van der Waals surface area contributed by atoms with E-state index in [0.717, 1.165) is 0 Å². The number of nitro groups is 1.